The molecule has 0 saturated carbocycles. The summed E-state index contributed by atoms with van der Waals surface area (Å²) < 4.78 is 11.2. The van der Waals surface area contributed by atoms with Gasteiger partial charge >= 0.3 is 5.97 Å². The van der Waals surface area contributed by atoms with Crippen molar-refractivity contribution < 1.29 is 24.2 Å². The van der Waals surface area contributed by atoms with E-state index in [2.05, 4.69) is 15.5 Å². The van der Waals surface area contributed by atoms with E-state index in [4.69, 9.17) is 26.2 Å². The summed E-state index contributed by atoms with van der Waals surface area (Å²) in [6.45, 7) is 0.340. The number of rotatable bonds is 8. The molecule has 0 radical (unpaired) electrons. The number of carbonyl (C=O) groups excluding carboxylic acids is 1. The highest BCUT2D eigenvalue weighted by molar-refractivity contribution is 8.15. The van der Waals surface area contributed by atoms with Crippen LogP contribution in [0, 0.1) is 0 Å². The molecule has 1 fully saturated rings. The smallest absolute Gasteiger partial charge is 0.305 e. The summed E-state index contributed by atoms with van der Waals surface area (Å²) >= 11 is 7.38. The van der Waals surface area contributed by atoms with Crippen LogP contribution in [0.4, 0.5) is 0 Å². The maximum atomic E-state index is 11.7. The van der Waals surface area contributed by atoms with Crippen LogP contribution in [0.1, 0.15) is 17.5 Å². The fourth-order valence-corrected chi connectivity index (χ4v) is 3.77. The third-order valence-electron chi connectivity index (χ3n) is 3.97. The second-order valence-corrected chi connectivity index (χ2v) is 7.75. The summed E-state index contributed by atoms with van der Waals surface area (Å²) in [5, 5.41) is 19.0. The Morgan fingerprint density at radius 1 is 1.33 bits per heavy atom. The Morgan fingerprint density at radius 3 is 2.80 bits per heavy atom. The predicted octanol–water partition coefficient (Wildman–Crippen LogP) is 3.32. The van der Waals surface area contributed by atoms with E-state index >= 15 is 0 Å². The summed E-state index contributed by atoms with van der Waals surface area (Å²) in [6.07, 6.45) is 1.16. The first-order valence-corrected chi connectivity index (χ1v) is 10.1. The third kappa shape index (κ3) is 5.74. The minimum atomic E-state index is -1.05. The molecule has 10 heteroatoms. The number of ether oxygens (including phenoxy) is 2. The highest BCUT2D eigenvalue weighted by Crippen LogP contribution is 2.36. The average Bonchev–Trinajstić information content (AvgIpc) is 3.06. The average molecular weight is 448 g/mol. The molecule has 1 heterocycles. The minimum Gasteiger partial charge on any atom is -0.493 e. The van der Waals surface area contributed by atoms with Gasteiger partial charge in [-0.25, -0.2) is 0 Å². The van der Waals surface area contributed by atoms with Crippen molar-refractivity contribution in [1.82, 2.24) is 5.32 Å². The lowest BCUT2D eigenvalue weighted by Crippen LogP contribution is -2.26. The predicted molar refractivity (Wildman–Crippen MR) is 116 cm³/mol. The van der Waals surface area contributed by atoms with Gasteiger partial charge in [0.2, 0.25) is 5.91 Å². The van der Waals surface area contributed by atoms with E-state index in [1.807, 2.05) is 30.3 Å². The van der Waals surface area contributed by atoms with Crippen LogP contribution in [-0.4, -0.2) is 40.7 Å². The normalized spacial score (nSPS) is 17.3. The maximum Gasteiger partial charge on any atom is 0.305 e. The molecule has 0 spiro atoms. The Balaban J connectivity index is 1.69. The number of hydrogen-bond donors (Lipinski definition) is 2. The van der Waals surface area contributed by atoms with Crippen molar-refractivity contribution in [2.45, 2.75) is 18.3 Å². The second kappa shape index (κ2) is 10.1. The van der Waals surface area contributed by atoms with Gasteiger partial charge in [-0.2, -0.15) is 5.10 Å². The Labute approximate surface area is 181 Å². The zero-order chi connectivity index (χ0) is 21.5. The highest BCUT2D eigenvalue weighted by atomic mass is 35.5. The van der Waals surface area contributed by atoms with Crippen LogP contribution >= 0.6 is 23.4 Å². The molecule has 2 aromatic rings. The molecular formula is C20H18ClN3O5S. The Bertz CT molecular complexity index is 997. The van der Waals surface area contributed by atoms with Gasteiger partial charge in [0.05, 0.1) is 24.8 Å². The largest absolute Gasteiger partial charge is 0.493 e. The molecule has 1 atom stereocenters. The van der Waals surface area contributed by atoms with E-state index in [-0.39, 0.29) is 11.6 Å². The number of amides is 1. The molecule has 30 heavy (non-hydrogen) atoms. The van der Waals surface area contributed by atoms with Crippen LogP contribution in [-0.2, 0) is 16.2 Å². The Hall–Kier alpha value is -3.04. The van der Waals surface area contributed by atoms with Gasteiger partial charge in [0.15, 0.2) is 16.7 Å². The lowest BCUT2D eigenvalue weighted by atomic mass is 10.2. The molecule has 1 amide bonds. The molecule has 2 aromatic carbocycles. The second-order valence-electron chi connectivity index (χ2n) is 6.15. The molecule has 8 nitrogen and oxygen atoms in total. The number of carboxylic acids is 1. The first-order chi connectivity index (χ1) is 14.5. The lowest BCUT2D eigenvalue weighted by Gasteiger charge is -2.13. The number of halogens is 1. The zero-order valence-corrected chi connectivity index (χ0v) is 17.4. The number of nitrogens with zero attached hydrogens (tertiary/aromatic N) is 2. The Morgan fingerprint density at radius 2 is 2.10 bits per heavy atom. The van der Waals surface area contributed by atoms with Gasteiger partial charge in [-0.3, -0.25) is 9.59 Å². The van der Waals surface area contributed by atoms with Gasteiger partial charge in [-0.05, 0) is 17.7 Å². The number of benzene rings is 2. The van der Waals surface area contributed by atoms with Crippen molar-refractivity contribution >= 4 is 46.6 Å². The third-order valence-corrected chi connectivity index (χ3v) is 5.32. The summed E-state index contributed by atoms with van der Waals surface area (Å²) in [4.78, 5) is 22.5. The number of nitrogens with one attached hydrogen (secondary N) is 1. The lowest BCUT2D eigenvalue weighted by molar-refractivity contribution is -0.138. The van der Waals surface area contributed by atoms with Gasteiger partial charge in [-0.15, -0.1) is 5.10 Å². The van der Waals surface area contributed by atoms with Crippen molar-refractivity contribution in [2.75, 3.05) is 7.11 Å². The van der Waals surface area contributed by atoms with Crippen LogP contribution in [0.25, 0.3) is 0 Å². The van der Waals surface area contributed by atoms with Crippen LogP contribution in [0.2, 0.25) is 5.02 Å². The number of methoxy groups -OCH3 is 1. The van der Waals surface area contributed by atoms with Crippen LogP contribution < -0.4 is 14.8 Å². The number of aliphatic carboxylic acids is 1. The molecule has 156 valence electrons. The molecule has 0 bridgehead atoms. The van der Waals surface area contributed by atoms with E-state index < -0.39 is 17.1 Å². The van der Waals surface area contributed by atoms with E-state index in [0.717, 1.165) is 17.3 Å². The first kappa shape index (κ1) is 21.7. The quantitative estimate of drug-likeness (QED) is 0.474. The van der Waals surface area contributed by atoms with Gasteiger partial charge in [0.25, 0.3) is 0 Å². The summed E-state index contributed by atoms with van der Waals surface area (Å²) in [5.41, 5.74) is 1.61. The van der Waals surface area contributed by atoms with Crippen LogP contribution in [0.5, 0.6) is 11.5 Å². The van der Waals surface area contributed by atoms with Gasteiger partial charge in [0.1, 0.15) is 11.9 Å². The number of hydrogen-bond acceptors (Lipinski definition) is 7. The van der Waals surface area contributed by atoms with E-state index in [9.17, 15) is 9.59 Å². The molecule has 3 rings (SSSR count). The molecule has 1 unspecified atom stereocenters. The van der Waals surface area contributed by atoms with Crippen molar-refractivity contribution in [2.24, 2.45) is 10.2 Å². The van der Waals surface area contributed by atoms with E-state index in [1.165, 1.54) is 13.3 Å². The molecular weight excluding hydrogens is 430 g/mol. The van der Waals surface area contributed by atoms with Crippen molar-refractivity contribution in [1.29, 1.82) is 0 Å². The van der Waals surface area contributed by atoms with E-state index in [1.54, 1.807) is 12.1 Å². The van der Waals surface area contributed by atoms with Crippen LogP contribution in [0.15, 0.2) is 52.7 Å². The number of thioether (sulfide) groups is 1. The van der Waals surface area contributed by atoms with Gasteiger partial charge in [0, 0.05) is 5.56 Å². The maximum absolute atomic E-state index is 11.7. The number of carbonyl (C=O) groups is 2. The first-order valence-electron chi connectivity index (χ1n) is 8.81. The van der Waals surface area contributed by atoms with Gasteiger partial charge in [-0.1, -0.05) is 53.7 Å². The fraction of sp³-hybridized carbons (Fsp3) is 0.200. The Kier molecular flexibility index (Phi) is 7.31. The SMILES string of the molecule is COc1cc(C=NN=C2NC(=O)C(CC(=O)O)S2)cc(Cl)c1OCc1ccccc1. The summed E-state index contributed by atoms with van der Waals surface area (Å²) in [5.74, 6) is -0.594. The molecule has 0 aliphatic carbocycles. The van der Waals surface area contributed by atoms with Gasteiger partial charge < -0.3 is 19.9 Å². The number of carboxylic acid groups (broad SMARTS) is 1. The van der Waals surface area contributed by atoms with Crippen molar-refractivity contribution in [3.63, 3.8) is 0 Å². The minimum absolute atomic E-state index is 0.239. The fourth-order valence-electron chi connectivity index (χ4n) is 2.58. The highest BCUT2D eigenvalue weighted by Gasteiger charge is 2.32. The van der Waals surface area contributed by atoms with Crippen LogP contribution in [0.3, 0.4) is 0 Å². The summed E-state index contributed by atoms with van der Waals surface area (Å²) in [6, 6.07) is 13.0. The van der Waals surface area contributed by atoms with E-state index in [0.29, 0.717) is 28.7 Å². The van der Waals surface area contributed by atoms with Crippen molar-refractivity contribution in [3.05, 3.63) is 58.6 Å². The molecule has 2 N–H and O–H groups in total. The monoisotopic (exact) mass is 447 g/mol. The number of amidine groups is 1. The standard InChI is InChI=1S/C20H18ClN3O5S/c1-28-15-8-13(7-14(21)18(15)29-11-12-5-3-2-4-6-12)10-22-24-20-23-19(27)16(30-20)9-17(25)26/h2-8,10,16H,9,11H2,1H3,(H,25,26)(H,23,24,27). The topological polar surface area (TPSA) is 110 Å². The molecule has 1 aliphatic rings. The van der Waals surface area contributed by atoms with Crippen molar-refractivity contribution in [3.8, 4) is 11.5 Å². The zero-order valence-electron chi connectivity index (χ0n) is 15.9. The molecule has 1 aliphatic heterocycles. The summed E-state index contributed by atoms with van der Waals surface area (Å²) in [7, 11) is 1.51. The molecule has 1 saturated heterocycles. The molecule has 0 aromatic heterocycles.